The Hall–Kier alpha value is -3.21. The van der Waals surface area contributed by atoms with Crippen molar-refractivity contribution in [3.8, 4) is 0 Å². The molecule has 0 N–H and O–H groups in total. The number of fused-ring (bicyclic) bond motifs is 1. The van der Waals surface area contributed by atoms with E-state index in [0.717, 1.165) is 5.56 Å². The van der Waals surface area contributed by atoms with Gasteiger partial charge in [-0.25, -0.2) is 16.8 Å². The highest BCUT2D eigenvalue weighted by molar-refractivity contribution is 8.10. The Labute approximate surface area is 193 Å². The largest absolute Gasteiger partial charge is 0.375 e. The van der Waals surface area contributed by atoms with Gasteiger partial charge < -0.3 is 9.64 Å². The molecule has 0 bridgehead atoms. The maximum atomic E-state index is 13.6. The molecule has 0 aliphatic carbocycles. The summed E-state index contributed by atoms with van der Waals surface area (Å²) in [5, 5.41) is 0. The van der Waals surface area contributed by atoms with Gasteiger partial charge >= 0.3 is 0 Å². The van der Waals surface area contributed by atoms with Crippen LogP contribution in [0.3, 0.4) is 0 Å². The molecule has 1 aliphatic heterocycles. The lowest BCUT2D eigenvalue weighted by molar-refractivity contribution is -0.122. The molecule has 0 spiro atoms. The Morgan fingerprint density at radius 2 is 1.42 bits per heavy atom. The fourth-order valence-electron chi connectivity index (χ4n) is 3.72. The van der Waals surface area contributed by atoms with E-state index in [9.17, 15) is 21.6 Å². The third-order valence-corrected chi connectivity index (χ3v) is 9.47. The normalized spacial score (nSPS) is 13.5. The summed E-state index contributed by atoms with van der Waals surface area (Å²) in [6, 6.07) is 19.3. The molecule has 0 saturated heterocycles. The second-order valence-corrected chi connectivity index (χ2v) is 11.2. The zero-order chi connectivity index (χ0) is 23.6. The van der Waals surface area contributed by atoms with Crippen LogP contribution >= 0.6 is 0 Å². The van der Waals surface area contributed by atoms with E-state index in [2.05, 4.69) is 0 Å². The highest BCUT2D eigenvalue weighted by Gasteiger charge is 2.38. The predicted molar refractivity (Wildman–Crippen MR) is 124 cm³/mol. The molecular formula is C23H22N2O6S2. The van der Waals surface area contributed by atoms with Gasteiger partial charge in [0.2, 0.25) is 0 Å². The molecule has 0 radical (unpaired) electrons. The molecule has 33 heavy (non-hydrogen) atoms. The summed E-state index contributed by atoms with van der Waals surface area (Å²) >= 11 is 0. The van der Waals surface area contributed by atoms with E-state index in [1.807, 2.05) is 0 Å². The molecule has 1 amide bonds. The van der Waals surface area contributed by atoms with Crippen LogP contribution in [0.1, 0.15) is 5.56 Å². The van der Waals surface area contributed by atoms with E-state index in [1.165, 1.54) is 72.7 Å². The molecule has 3 aromatic carbocycles. The highest BCUT2D eigenvalue weighted by atomic mass is 32.3. The van der Waals surface area contributed by atoms with Gasteiger partial charge in [0.05, 0.1) is 15.5 Å². The van der Waals surface area contributed by atoms with E-state index in [-0.39, 0.29) is 28.0 Å². The number of anilines is 2. The lowest BCUT2D eigenvalue weighted by atomic mass is 10.1. The molecule has 1 heterocycles. The molecule has 0 unspecified atom stereocenters. The molecule has 3 aromatic rings. The number of amides is 1. The molecule has 10 heteroatoms. The van der Waals surface area contributed by atoms with Crippen LogP contribution in [-0.2, 0) is 36.0 Å². The topological polar surface area (TPSA) is 101 Å². The second-order valence-electron chi connectivity index (χ2n) is 7.37. The number of carbonyl (C=O) groups is 1. The number of sulfonamides is 2. The molecule has 8 nitrogen and oxygen atoms in total. The fourth-order valence-corrected chi connectivity index (χ4v) is 7.44. The van der Waals surface area contributed by atoms with Crippen molar-refractivity contribution in [1.29, 1.82) is 0 Å². The smallest absolute Gasteiger partial charge is 0.277 e. The second kappa shape index (κ2) is 8.97. The molecule has 0 fully saturated rings. The first-order valence-corrected chi connectivity index (χ1v) is 13.0. The van der Waals surface area contributed by atoms with Crippen LogP contribution in [0.2, 0.25) is 0 Å². The third-order valence-electron chi connectivity index (χ3n) is 5.26. The first-order chi connectivity index (χ1) is 15.8. The number of methoxy groups -OCH3 is 1. The number of nitrogens with zero attached hydrogens (tertiary/aromatic N) is 2. The van der Waals surface area contributed by atoms with Gasteiger partial charge in [0, 0.05) is 19.3 Å². The third kappa shape index (κ3) is 4.24. The summed E-state index contributed by atoms with van der Waals surface area (Å²) in [7, 11) is -7.61. The monoisotopic (exact) mass is 486 g/mol. The van der Waals surface area contributed by atoms with Crippen molar-refractivity contribution < 1.29 is 26.4 Å². The Kier molecular flexibility index (Phi) is 6.24. The van der Waals surface area contributed by atoms with Gasteiger partial charge in [-0.1, -0.05) is 42.5 Å². The number of hydrogen-bond donors (Lipinski definition) is 0. The molecular weight excluding hydrogens is 464 g/mol. The van der Waals surface area contributed by atoms with Crippen molar-refractivity contribution in [2.45, 2.75) is 16.2 Å². The summed E-state index contributed by atoms with van der Waals surface area (Å²) in [6.07, 6.45) is 0.571. The molecule has 172 valence electrons. The standard InChI is InChI=1S/C23H22N2O6S2/c1-31-17-23(26)24-15-14-18-12-13-19(16-22(18)24)25(32(27,28)20-8-4-2-5-9-20)33(29,30)21-10-6-3-7-11-21/h2-13,16H,14-15,17H2,1H3. The molecule has 0 saturated carbocycles. The van der Waals surface area contributed by atoms with Crippen LogP contribution < -0.4 is 8.61 Å². The van der Waals surface area contributed by atoms with Crippen molar-refractivity contribution in [2.75, 3.05) is 28.9 Å². The van der Waals surface area contributed by atoms with Crippen LogP contribution in [0.5, 0.6) is 0 Å². The lowest BCUT2D eigenvalue weighted by Crippen LogP contribution is -2.37. The SMILES string of the molecule is COCC(=O)N1CCc2ccc(N(S(=O)(=O)c3ccccc3)S(=O)(=O)c3ccccc3)cc21. The van der Waals surface area contributed by atoms with E-state index in [0.29, 0.717) is 22.4 Å². The molecule has 0 aromatic heterocycles. The Morgan fingerprint density at radius 1 is 0.879 bits per heavy atom. The van der Waals surface area contributed by atoms with Crippen molar-refractivity contribution in [1.82, 2.24) is 0 Å². The van der Waals surface area contributed by atoms with Crippen molar-refractivity contribution >= 4 is 37.3 Å². The number of hydrogen-bond acceptors (Lipinski definition) is 6. The number of benzene rings is 3. The highest BCUT2D eigenvalue weighted by Crippen LogP contribution is 2.37. The zero-order valence-corrected chi connectivity index (χ0v) is 19.4. The fraction of sp³-hybridized carbons (Fsp3) is 0.174. The Balaban J connectivity index is 1.91. The van der Waals surface area contributed by atoms with E-state index < -0.39 is 20.0 Å². The minimum Gasteiger partial charge on any atom is -0.375 e. The summed E-state index contributed by atoms with van der Waals surface area (Å²) in [4.78, 5) is 13.6. The van der Waals surface area contributed by atoms with Gasteiger partial charge in [-0.05, 0) is 48.4 Å². The van der Waals surface area contributed by atoms with E-state index in [4.69, 9.17) is 4.74 Å². The van der Waals surface area contributed by atoms with Crippen molar-refractivity contribution in [3.05, 3.63) is 84.4 Å². The summed E-state index contributed by atoms with van der Waals surface area (Å²) in [6.45, 7) is 0.260. The Bertz CT molecular complexity index is 1310. The average Bonchev–Trinajstić information content (AvgIpc) is 3.24. The maximum Gasteiger partial charge on any atom is 0.277 e. The van der Waals surface area contributed by atoms with Crippen molar-refractivity contribution in [2.24, 2.45) is 0 Å². The van der Waals surface area contributed by atoms with Crippen molar-refractivity contribution in [3.63, 3.8) is 0 Å². The molecule has 0 atom stereocenters. The van der Waals surface area contributed by atoms with Gasteiger partial charge in [0.25, 0.3) is 26.0 Å². The number of ether oxygens (including phenoxy) is 1. The van der Waals surface area contributed by atoms with Gasteiger partial charge in [0.1, 0.15) is 6.61 Å². The molecule has 1 aliphatic rings. The van der Waals surface area contributed by atoms with Crippen LogP contribution in [0.4, 0.5) is 11.4 Å². The summed E-state index contributed by atoms with van der Waals surface area (Å²) < 4.78 is 59.8. The van der Waals surface area contributed by atoms with Crippen LogP contribution in [0.15, 0.2) is 88.7 Å². The quantitative estimate of drug-likeness (QED) is 0.509. The lowest BCUT2D eigenvalue weighted by Gasteiger charge is -2.25. The van der Waals surface area contributed by atoms with Gasteiger partial charge in [-0.15, -0.1) is 0 Å². The average molecular weight is 487 g/mol. The Morgan fingerprint density at radius 3 is 1.94 bits per heavy atom. The van der Waals surface area contributed by atoms with Gasteiger partial charge in [-0.2, -0.15) is 3.71 Å². The number of carbonyl (C=O) groups excluding carboxylic acids is 1. The first kappa shape index (κ1) is 23.0. The maximum absolute atomic E-state index is 13.6. The van der Waals surface area contributed by atoms with Gasteiger partial charge in [0.15, 0.2) is 0 Å². The summed E-state index contributed by atoms with van der Waals surface area (Å²) in [5.74, 6) is -0.295. The molecule has 4 rings (SSSR count). The minimum atomic E-state index is -4.51. The van der Waals surface area contributed by atoms with Crippen LogP contribution in [0, 0.1) is 0 Å². The van der Waals surface area contributed by atoms with Gasteiger partial charge in [-0.3, -0.25) is 4.79 Å². The summed E-state index contributed by atoms with van der Waals surface area (Å²) in [5.41, 5.74) is 1.20. The zero-order valence-electron chi connectivity index (χ0n) is 17.8. The van der Waals surface area contributed by atoms with Crippen LogP contribution in [0.25, 0.3) is 0 Å². The minimum absolute atomic E-state index is 0.0847. The van der Waals surface area contributed by atoms with E-state index in [1.54, 1.807) is 18.2 Å². The predicted octanol–water partition coefficient (Wildman–Crippen LogP) is 2.81. The first-order valence-electron chi connectivity index (χ1n) is 10.1. The van der Waals surface area contributed by atoms with E-state index >= 15 is 0 Å². The van der Waals surface area contributed by atoms with Crippen LogP contribution in [-0.4, -0.2) is 43.0 Å². The number of rotatable bonds is 7.